The molecule has 25 heavy (non-hydrogen) atoms. The number of rotatable bonds is 8. The van der Waals surface area contributed by atoms with Crippen molar-refractivity contribution >= 4 is 5.91 Å². The Morgan fingerprint density at radius 3 is 2.56 bits per heavy atom. The van der Waals surface area contributed by atoms with Gasteiger partial charge in [-0.05, 0) is 12.0 Å². The monoisotopic (exact) mass is 345 g/mol. The lowest BCUT2D eigenvalue weighted by Gasteiger charge is -2.10. The average molecular weight is 345 g/mol. The first-order valence-electron chi connectivity index (χ1n) is 8.13. The van der Waals surface area contributed by atoms with Crippen molar-refractivity contribution in [1.82, 2.24) is 14.5 Å². The number of nitrogens with zero attached hydrogens (tertiary/aromatic N) is 2. The molecule has 0 saturated carbocycles. The molecule has 0 saturated heterocycles. The third kappa shape index (κ3) is 5.42. The standard InChI is InChI=1S/C18H23N3O4/c1-20-15(11-17(23)21(2)18(20)24)12-19-16(22)9-6-10-25-13-14-7-4-3-5-8-14/h3-5,7-8,11H,6,9-10,12-13H2,1-2H3,(H,19,22). The normalized spacial score (nSPS) is 10.6. The third-order valence-corrected chi connectivity index (χ3v) is 3.90. The summed E-state index contributed by atoms with van der Waals surface area (Å²) in [5.74, 6) is -0.142. The average Bonchev–Trinajstić information content (AvgIpc) is 2.62. The van der Waals surface area contributed by atoms with Gasteiger partial charge in [0.2, 0.25) is 5.91 Å². The quantitative estimate of drug-likeness (QED) is 0.714. The van der Waals surface area contributed by atoms with Crippen LogP contribution in [0.15, 0.2) is 46.0 Å². The first-order valence-corrected chi connectivity index (χ1v) is 8.13. The van der Waals surface area contributed by atoms with Crippen LogP contribution in [0.3, 0.4) is 0 Å². The third-order valence-electron chi connectivity index (χ3n) is 3.90. The lowest BCUT2D eigenvalue weighted by atomic mass is 10.2. The van der Waals surface area contributed by atoms with E-state index in [2.05, 4.69) is 5.32 Å². The van der Waals surface area contributed by atoms with E-state index < -0.39 is 5.69 Å². The lowest BCUT2D eigenvalue weighted by Crippen LogP contribution is -2.39. The van der Waals surface area contributed by atoms with E-state index in [1.807, 2.05) is 30.3 Å². The Bertz CT molecular complexity index is 824. The van der Waals surface area contributed by atoms with Crippen LogP contribution in [0.25, 0.3) is 0 Å². The molecule has 0 atom stereocenters. The van der Waals surface area contributed by atoms with E-state index in [1.54, 1.807) is 7.05 Å². The maximum Gasteiger partial charge on any atom is 0.330 e. The Morgan fingerprint density at radius 2 is 1.84 bits per heavy atom. The summed E-state index contributed by atoms with van der Waals surface area (Å²) in [6.07, 6.45) is 0.932. The molecule has 1 aromatic carbocycles. The number of carbonyl (C=O) groups excluding carboxylic acids is 1. The predicted octanol–water partition coefficient (Wildman–Crippen LogP) is 0.697. The van der Waals surface area contributed by atoms with E-state index in [1.165, 1.54) is 17.7 Å². The fraction of sp³-hybridized carbons (Fsp3) is 0.389. The minimum atomic E-state index is -0.411. The van der Waals surface area contributed by atoms with Crippen molar-refractivity contribution in [1.29, 1.82) is 0 Å². The molecule has 134 valence electrons. The van der Waals surface area contributed by atoms with Crippen LogP contribution >= 0.6 is 0 Å². The summed E-state index contributed by atoms with van der Waals surface area (Å²) in [6.45, 7) is 1.16. The molecule has 1 amide bonds. The van der Waals surface area contributed by atoms with Crippen LogP contribution in [-0.4, -0.2) is 21.6 Å². The summed E-state index contributed by atoms with van der Waals surface area (Å²) < 4.78 is 7.90. The van der Waals surface area contributed by atoms with Crippen LogP contribution in [0.1, 0.15) is 24.1 Å². The topological polar surface area (TPSA) is 82.3 Å². The minimum Gasteiger partial charge on any atom is -0.377 e. The molecule has 2 aromatic rings. The van der Waals surface area contributed by atoms with Crippen molar-refractivity contribution in [3.8, 4) is 0 Å². The van der Waals surface area contributed by atoms with Gasteiger partial charge in [-0.2, -0.15) is 0 Å². The van der Waals surface area contributed by atoms with Crippen LogP contribution in [-0.2, 0) is 36.8 Å². The molecule has 1 aromatic heterocycles. The predicted molar refractivity (Wildman–Crippen MR) is 94.1 cm³/mol. The molecule has 7 heteroatoms. The van der Waals surface area contributed by atoms with Crippen molar-refractivity contribution in [2.75, 3.05) is 6.61 Å². The van der Waals surface area contributed by atoms with Crippen LogP contribution < -0.4 is 16.6 Å². The lowest BCUT2D eigenvalue weighted by molar-refractivity contribution is -0.121. The number of hydrogen-bond acceptors (Lipinski definition) is 4. The second-order valence-corrected chi connectivity index (χ2v) is 5.79. The van der Waals surface area contributed by atoms with Crippen LogP contribution in [0.5, 0.6) is 0 Å². The summed E-state index contributed by atoms with van der Waals surface area (Å²) in [5, 5.41) is 2.72. The molecule has 0 aliphatic carbocycles. The second-order valence-electron chi connectivity index (χ2n) is 5.79. The van der Waals surface area contributed by atoms with Crippen LogP contribution in [0, 0.1) is 0 Å². The molecule has 0 fully saturated rings. The van der Waals surface area contributed by atoms with Gasteiger partial charge in [0.25, 0.3) is 5.56 Å². The number of benzene rings is 1. The molecule has 0 radical (unpaired) electrons. The SMILES string of the molecule is Cn1c(CNC(=O)CCCOCc2ccccc2)cc(=O)n(C)c1=O. The molecular formula is C18H23N3O4. The Kier molecular flexibility index (Phi) is 6.71. The molecule has 1 heterocycles. The second kappa shape index (κ2) is 8.98. The number of amides is 1. The van der Waals surface area contributed by atoms with Gasteiger partial charge >= 0.3 is 5.69 Å². The largest absolute Gasteiger partial charge is 0.377 e. The van der Waals surface area contributed by atoms with Gasteiger partial charge in [0, 0.05) is 38.9 Å². The Hall–Kier alpha value is -2.67. The van der Waals surface area contributed by atoms with E-state index in [4.69, 9.17) is 4.74 Å². The zero-order valence-corrected chi connectivity index (χ0v) is 14.5. The van der Waals surface area contributed by atoms with E-state index in [-0.39, 0.29) is 18.0 Å². The molecule has 0 spiro atoms. The van der Waals surface area contributed by atoms with Gasteiger partial charge in [0.15, 0.2) is 0 Å². The summed E-state index contributed by atoms with van der Waals surface area (Å²) in [5.41, 5.74) is 0.771. The molecule has 7 nitrogen and oxygen atoms in total. The van der Waals surface area contributed by atoms with Gasteiger partial charge in [0.05, 0.1) is 13.2 Å². The van der Waals surface area contributed by atoms with Gasteiger partial charge < -0.3 is 10.1 Å². The van der Waals surface area contributed by atoms with Crippen molar-refractivity contribution in [2.45, 2.75) is 26.0 Å². The zero-order valence-electron chi connectivity index (χ0n) is 14.5. The van der Waals surface area contributed by atoms with Gasteiger partial charge in [0.1, 0.15) is 0 Å². The number of carbonyl (C=O) groups is 1. The molecule has 0 aliphatic heterocycles. The highest BCUT2D eigenvalue weighted by molar-refractivity contribution is 5.75. The summed E-state index contributed by atoms with van der Waals surface area (Å²) >= 11 is 0. The Labute approximate surface area is 145 Å². The number of hydrogen-bond donors (Lipinski definition) is 1. The van der Waals surface area contributed by atoms with E-state index in [9.17, 15) is 14.4 Å². The molecule has 0 bridgehead atoms. The maximum atomic E-state index is 11.9. The highest BCUT2D eigenvalue weighted by Crippen LogP contribution is 2.01. The number of ether oxygens (including phenoxy) is 1. The Morgan fingerprint density at radius 1 is 1.12 bits per heavy atom. The van der Waals surface area contributed by atoms with Crippen molar-refractivity contribution in [2.24, 2.45) is 14.1 Å². The molecule has 2 rings (SSSR count). The molecular weight excluding hydrogens is 322 g/mol. The van der Waals surface area contributed by atoms with Crippen LogP contribution in [0.4, 0.5) is 0 Å². The first kappa shape index (κ1) is 18.7. The van der Waals surface area contributed by atoms with E-state index in [0.29, 0.717) is 31.7 Å². The highest BCUT2D eigenvalue weighted by Gasteiger charge is 2.07. The summed E-state index contributed by atoms with van der Waals surface area (Å²) in [6, 6.07) is 11.2. The van der Waals surface area contributed by atoms with Gasteiger partial charge in [-0.1, -0.05) is 30.3 Å². The van der Waals surface area contributed by atoms with Crippen molar-refractivity contribution in [3.05, 3.63) is 68.5 Å². The number of aromatic nitrogens is 2. The fourth-order valence-corrected chi connectivity index (χ4v) is 2.32. The van der Waals surface area contributed by atoms with Crippen LogP contribution in [0.2, 0.25) is 0 Å². The van der Waals surface area contributed by atoms with Gasteiger partial charge in [-0.25, -0.2) is 4.79 Å². The van der Waals surface area contributed by atoms with E-state index in [0.717, 1.165) is 10.1 Å². The van der Waals surface area contributed by atoms with Crippen molar-refractivity contribution in [3.63, 3.8) is 0 Å². The van der Waals surface area contributed by atoms with Crippen molar-refractivity contribution < 1.29 is 9.53 Å². The number of nitrogens with one attached hydrogen (secondary N) is 1. The minimum absolute atomic E-state index is 0.142. The summed E-state index contributed by atoms with van der Waals surface area (Å²) in [7, 11) is 2.99. The summed E-state index contributed by atoms with van der Waals surface area (Å²) in [4.78, 5) is 35.3. The van der Waals surface area contributed by atoms with Gasteiger partial charge in [-0.15, -0.1) is 0 Å². The zero-order chi connectivity index (χ0) is 18.2. The maximum absolute atomic E-state index is 11.9. The molecule has 1 N–H and O–H groups in total. The Balaban J connectivity index is 1.71. The fourth-order valence-electron chi connectivity index (χ4n) is 2.32. The molecule has 0 aliphatic rings. The molecule has 0 unspecified atom stereocenters. The smallest absolute Gasteiger partial charge is 0.330 e. The highest BCUT2D eigenvalue weighted by atomic mass is 16.5. The van der Waals surface area contributed by atoms with E-state index >= 15 is 0 Å². The van der Waals surface area contributed by atoms with Gasteiger partial charge in [-0.3, -0.25) is 18.7 Å². The first-order chi connectivity index (χ1) is 12.0.